The first-order chi connectivity index (χ1) is 9.36. The van der Waals surface area contributed by atoms with Gasteiger partial charge in [0.05, 0.1) is 6.61 Å². The smallest absolute Gasteiger partial charge is 0.228 e. The predicted octanol–water partition coefficient (Wildman–Crippen LogP) is 3.22. The second-order valence-corrected chi connectivity index (χ2v) is 4.83. The third kappa shape index (κ3) is 1.40. The average Bonchev–Trinajstić information content (AvgIpc) is 2.62. The van der Waals surface area contributed by atoms with Crippen molar-refractivity contribution in [3.63, 3.8) is 0 Å². The van der Waals surface area contributed by atoms with Crippen LogP contribution in [0.2, 0.25) is 0 Å². The Morgan fingerprint density at radius 1 is 0.842 bits per heavy atom. The average molecular weight is 248 g/mol. The summed E-state index contributed by atoms with van der Waals surface area (Å²) in [7, 11) is 0. The lowest BCUT2D eigenvalue weighted by atomic mass is 9.94. The number of Topliss-reactive ketones (excluding diaryl/α,β-unsaturated/α-hetero) is 1. The number of hydrogen-bond acceptors (Lipinski definition) is 2. The number of ketones is 1. The molecule has 2 nitrogen and oxygen atoms in total. The first kappa shape index (κ1) is 10.6. The Morgan fingerprint density at radius 2 is 1.53 bits per heavy atom. The van der Waals surface area contributed by atoms with E-state index in [2.05, 4.69) is 12.1 Å². The molecule has 0 radical (unpaired) electrons. The number of allylic oxidation sites excluding steroid dienone is 1. The van der Waals surface area contributed by atoms with E-state index in [1.54, 1.807) is 0 Å². The molecule has 0 bridgehead atoms. The van der Waals surface area contributed by atoms with Crippen LogP contribution < -0.4 is 0 Å². The van der Waals surface area contributed by atoms with E-state index in [9.17, 15) is 4.79 Å². The fourth-order valence-corrected chi connectivity index (χ4v) is 2.91. The maximum Gasteiger partial charge on any atom is 0.228 e. The summed E-state index contributed by atoms with van der Waals surface area (Å²) in [6, 6.07) is 16.0. The van der Waals surface area contributed by atoms with Crippen molar-refractivity contribution in [3.05, 3.63) is 76.5 Å². The van der Waals surface area contributed by atoms with Crippen LogP contribution in [0.25, 0.3) is 5.57 Å². The van der Waals surface area contributed by atoms with E-state index in [1.165, 1.54) is 5.56 Å². The van der Waals surface area contributed by atoms with Gasteiger partial charge in [0.25, 0.3) is 0 Å². The molecule has 2 heteroatoms. The van der Waals surface area contributed by atoms with Crippen LogP contribution in [0.3, 0.4) is 0 Å². The van der Waals surface area contributed by atoms with Crippen LogP contribution in [0, 0.1) is 0 Å². The maximum atomic E-state index is 12.4. The number of fused-ring (bicyclic) bond motifs is 4. The highest BCUT2D eigenvalue weighted by Crippen LogP contribution is 2.40. The molecule has 0 saturated carbocycles. The fraction of sp³-hybridized carbons (Fsp3) is 0.118. The highest BCUT2D eigenvalue weighted by Gasteiger charge is 2.33. The number of carbonyl (C=O) groups is 1. The van der Waals surface area contributed by atoms with Gasteiger partial charge in [0.2, 0.25) is 5.78 Å². The van der Waals surface area contributed by atoms with Crippen LogP contribution in [0.4, 0.5) is 0 Å². The summed E-state index contributed by atoms with van der Waals surface area (Å²) >= 11 is 0. The van der Waals surface area contributed by atoms with E-state index in [0.29, 0.717) is 12.4 Å². The summed E-state index contributed by atoms with van der Waals surface area (Å²) in [4.78, 5) is 12.4. The topological polar surface area (TPSA) is 26.3 Å². The molecule has 1 heterocycles. The Morgan fingerprint density at radius 3 is 2.37 bits per heavy atom. The summed E-state index contributed by atoms with van der Waals surface area (Å²) in [5.74, 6) is 0.536. The van der Waals surface area contributed by atoms with Crippen molar-refractivity contribution in [2.75, 3.05) is 6.61 Å². The SMILES string of the molecule is O=C1C2=C(c3ccccc3CCO2)c2ccccc21. The van der Waals surface area contributed by atoms with Crippen molar-refractivity contribution >= 4 is 11.4 Å². The lowest BCUT2D eigenvalue weighted by Crippen LogP contribution is -2.04. The number of benzene rings is 2. The standard InChI is InChI=1S/C17H12O2/c18-16-14-8-4-3-7-13(14)15-12-6-2-1-5-11(12)9-10-19-17(15)16/h1-8H,9-10H2. The van der Waals surface area contributed by atoms with Crippen molar-refractivity contribution in [2.24, 2.45) is 0 Å². The van der Waals surface area contributed by atoms with E-state index in [1.807, 2.05) is 36.4 Å². The third-order valence-electron chi connectivity index (χ3n) is 3.78. The number of carbonyl (C=O) groups excluding carboxylic acids is 1. The molecule has 0 amide bonds. The van der Waals surface area contributed by atoms with Crippen molar-refractivity contribution < 1.29 is 9.53 Å². The molecule has 0 atom stereocenters. The van der Waals surface area contributed by atoms with Crippen molar-refractivity contribution in [3.8, 4) is 0 Å². The molecule has 1 aliphatic carbocycles. The van der Waals surface area contributed by atoms with E-state index in [0.717, 1.165) is 28.7 Å². The highest BCUT2D eigenvalue weighted by atomic mass is 16.5. The van der Waals surface area contributed by atoms with Gasteiger partial charge >= 0.3 is 0 Å². The van der Waals surface area contributed by atoms with Gasteiger partial charge in [0.15, 0.2) is 5.76 Å². The van der Waals surface area contributed by atoms with E-state index in [4.69, 9.17) is 4.74 Å². The van der Waals surface area contributed by atoms with Crippen LogP contribution in [0.5, 0.6) is 0 Å². The molecule has 0 unspecified atom stereocenters. The Balaban J connectivity index is 2.05. The molecule has 0 aromatic heterocycles. The van der Waals surface area contributed by atoms with Crippen molar-refractivity contribution in [2.45, 2.75) is 6.42 Å². The van der Waals surface area contributed by atoms with Gasteiger partial charge in [-0.15, -0.1) is 0 Å². The molecule has 0 saturated heterocycles. The minimum Gasteiger partial charge on any atom is -0.488 e. The molecular weight excluding hydrogens is 236 g/mol. The summed E-state index contributed by atoms with van der Waals surface area (Å²) < 4.78 is 5.73. The highest BCUT2D eigenvalue weighted by molar-refractivity contribution is 6.21. The van der Waals surface area contributed by atoms with Gasteiger partial charge in [-0.1, -0.05) is 48.5 Å². The van der Waals surface area contributed by atoms with Gasteiger partial charge < -0.3 is 4.74 Å². The fourth-order valence-electron chi connectivity index (χ4n) is 2.91. The van der Waals surface area contributed by atoms with Crippen molar-refractivity contribution in [1.29, 1.82) is 0 Å². The molecule has 2 aromatic carbocycles. The molecular formula is C17H12O2. The Kier molecular flexibility index (Phi) is 2.12. The Bertz CT molecular complexity index is 726. The lowest BCUT2D eigenvalue weighted by Gasteiger charge is -2.08. The Labute approximate surface area is 111 Å². The summed E-state index contributed by atoms with van der Waals surface area (Å²) in [6.07, 6.45) is 0.846. The summed E-state index contributed by atoms with van der Waals surface area (Å²) in [5, 5.41) is 0. The van der Waals surface area contributed by atoms with Crippen LogP contribution in [-0.2, 0) is 11.2 Å². The third-order valence-corrected chi connectivity index (χ3v) is 3.78. The van der Waals surface area contributed by atoms with E-state index < -0.39 is 0 Å². The van der Waals surface area contributed by atoms with Crippen LogP contribution in [0.15, 0.2) is 54.3 Å². The molecule has 92 valence electrons. The molecule has 0 fully saturated rings. The monoisotopic (exact) mass is 248 g/mol. The minimum absolute atomic E-state index is 0.0160. The summed E-state index contributed by atoms with van der Waals surface area (Å²) in [5.41, 5.74) is 5.10. The zero-order valence-corrected chi connectivity index (χ0v) is 10.3. The molecule has 2 aliphatic rings. The van der Waals surface area contributed by atoms with Crippen molar-refractivity contribution in [1.82, 2.24) is 0 Å². The second kappa shape index (κ2) is 3.82. The Hall–Kier alpha value is -2.35. The van der Waals surface area contributed by atoms with Gasteiger partial charge in [0.1, 0.15) is 0 Å². The predicted molar refractivity (Wildman–Crippen MR) is 72.9 cm³/mol. The zero-order valence-electron chi connectivity index (χ0n) is 10.3. The van der Waals surface area contributed by atoms with Crippen LogP contribution in [-0.4, -0.2) is 12.4 Å². The first-order valence-corrected chi connectivity index (χ1v) is 6.46. The molecule has 0 spiro atoms. The van der Waals surface area contributed by atoms with E-state index in [-0.39, 0.29) is 5.78 Å². The van der Waals surface area contributed by atoms with Gasteiger partial charge in [-0.3, -0.25) is 4.79 Å². The van der Waals surface area contributed by atoms with Gasteiger partial charge in [0, 0.05) is 17.6 Å². The molecule has 1 aliphatic heterocycles. The minimum atomic E-state index is 0.0160. The van der Waals surface area contributed by atoms with Gasteiger partial charge in [-0.25, -0.2) is 0 Å². The molecule has 0 N–H and O–H groups in total. The zero-order chi connectivity index (χ0) is 12.8. The van der Waals surface area contributed by atoms with Gasteiger partial charge in [-0.2, -0.15) is 0 Å². The number of rotatable bonds is 0. The lowest BCUT2D eigenvalue weighted by molar-refractivity contribution is 0.0931. The second-order valence-electron chi connectivity index (χ2n) is 4.83. The first-order valence-electron chi connectivity index (χ1n) is 6.46. The largest absolute Gasteiger partial charge is 0.488 e. The van der Waals surface area contributed by atoms with Gasteiger partial charge in [-0.05, 0) is 16.7 Å². The molecule has 2 aromatic rings. The van der Waals surface area contributed by atoms with E-state index >= 15 is 0 Å². The number of hydrogen-bond donors (Lipinski definition) is 0. The van der Waals surface area contributed by atoms with Crippen LogP contribution >= 0.6 is 0 Å². The quantitative estimate of drug-likeness (QED) is 0.715. The molecule has 4 rings (SSSR count). The maximum absolute atomic E-state index is 12.4. The molecule has 19 heavy (non-hydrogen) atoms. The summed E-state index contributed by atoms with van der Waals surface area (Å²) in [6.45, 7) is 0.565. The van der Waals surface area contributed by atoms with Crippen LogP contribution in [0.1, 0.15) is 27.0 Å². The normalized spacial score (nSPS) is 16.3. The number of ether oxygens (including phenoxy) is 1.